The summed E-state index contributed by atoms with van der Waals surface area (Å²) in [6.45, 7) is 2.90. The van der Waals surface area contributed by atoms with Gasteiger partial charge in [0.25, 0.3) is 5.56 Å². The van der Waals surface area contributed by atoms with Crippen molar-refractivity contribution in [2.75, 3.05) is 6.61 Å². The summed E-state index contributed by atoms with van der Waals surface area (Å²) in [6, 6.07) is -0.533. The van der Waals surface area contributed by atoms with E-state index in [0.29, 0.717) is 5.56 Å². The molecular formula is C11H16N5O4+. The summed E-state index contributed by atoms with van der Waals surface area (Å²) in [5.41, 5.74) is 5.13. The summed E-state index contributed by atoms with van der Waals surface area (Å²) < 4.78 is 6.93. The highest BCUT2D eigenvalue weighted by molar-refractivity contribution is 5.03. The third-order valence-electron chi connectivity index (χ3n) is 3.50. The van der Waals surface area contributed by atoms with Crippen LogP contribution < -0.4 is 16.2 Å². The minimum Gasteiger partial charge on any atom is -0.393 e. The Bertz CT molecular complexity index is 674. The molecule has 1 aromatic rings. The molecule has 0 aliphatic carbocycles. The number of ether oxygens (including phenoxy) is 1. The first-order valence-electron chi connectivity index (χ1n) is 6.08. The second kappa shape index (κ2) is 5.12. The van der Waals surface area contributed by atoms with E-state index in [4.69, 9.17) is 10.3 Å². The number of aromatic nitrogens is 2. The smallest absolute Gasteiger partial charge is 0.330 e. The number of H-pyrrole nitrogens is 1. The maximum absolute atomic E-state index is 11.8. The summed E-state index contributed by atoms with van der Waals surface area (Å²) in [6.07, 6.45) is 1.01. The Morgan fingerprint density at radius 2 is 2.40 bits per heavy atom. The van der Waals surface area contributed by atoms with Crippen LogP contribution in [0.15, 0.2) is 20.9 Å². The van der Waals surface area contributed by atoms with Gasteiger partial charge in [0.1, 0.15) is 22.5 Å². The Morgan fingerprint density at radius 1 is 1.70 bits per heavy atom. The largest absolute Gasteiger partial charge is 0.393 e. The number of aryl methyl sites for hydroxylation is 1. The Morgan fingerprint density at radius 3 is 3.00 bits per heavy atom. The van der Waals surface area contributed by atoms with E-state index in [1.54, 1.807) is 13.8 Å². The van der Waals surface area contributed by atoms with Gasteiger partial charge in [-0.05, 0) is 13.8 Å². The molecule has 0 spiro atoms. The average molecular weight is 282 g/mol. The van der Waals surface area contributed by atoms with Crippen LogP contribution in [-0.2, 0) is 4.74 Å². The van der Waals surface area contributed by atoms with Gasteiger partial charge in [0, 0.05) is 18.2 Å². The second-order valence-electron chi connectivity index (χ2n) is 4.99. The number of hydrogen-bond acceptors (Lipinski definition) is 6. The zero-order valence-corrected chi connectivity index (χ0v) is 11.2. The highest BCUT2D eigenvalue weighted by Crippen LogP contribution is 2.37. The van der Waals surface area contributed by atoms with Gasteiger partial charge in [-0.15, -0.1) is 0 Å². The van der Waals surface area contributed by atoms with Crippen molar-refractivity contribution in [3.63, 3.8) is 0 Å². The molecule has 2 heterocycles. The fourth-order valence-electron chi connectivity index (χ4n) is 2.23. The van der Waals surface area contributed by atoms with Gasteiger partial charge in [-0.2, -0.15) is 0 Å². The maximum atomic E-state index is 11.8. The number of nitrogens with zero attached hydrogens (tertiary/aromatic N) is 3. The van der Waals surface area contributed by atoms with Crippen LogP contribution in [0.3, 0.4) is 0 Å². The normalized spacial score (nSPS) is 29.1. The van der Waals surface area contributed by atoms with Crippen LogP contribution in [0.25, 0.3) is 0 Å². The number of nitrogens with one attached hydrogen (secondary N) is 2. The van der Waals surface area contributed by atoms with Crippen LogP contribution in [0.5, 0.6) is 0 Å². The molecule has 20 heavy (non-hydrogen) atoms. The van der Waals surface area contributed by atoms with Crippen LogP contribution in [0.1, 0.15) is 25.1 Å². The van der Waals surface area contributed by atoms with Crippen LogP contribution >= 0.6 is 0 Å². The van der Waals surface area contributed by atoms with Gasteiger partial charge in [0.2, 0.25) is 4.91 Å². The molecule has 0 radical (unpaired) electrons. The quantitative estimate of drug-likeness (QED) is 0.505. The SMILES string of the molecule is Cc1cn([C@H]2C[C@H](N=[N+]=N)[C@@](C)(CO)O2)c(=O)[nH]c1=O. The molecule has 0 saturated carbocycles. The number of aliphatic hydroxyl groups is 1. The van der Waals surface area contributed by atoms with Crippen LogP contribution in [0.2, 0.25) is 0 Å². The molecule has 0 bridgehead atoms. The number of aliphatic hydroxyl groups excluding tert-OH is 1. The Balaban J connectivity index is 2.42. The fourth-order valence-corrected chi connectivity index (χ4v) is 2.23. The van der Waals surface area contributed by atoms with Crippen molar-refractivity contribution in [3.05, 3.63) is 32.6 Å². The lowest BCUT2D eigenvalue weighted by atomic mass is 9.98. The van der Waals surface area contributed by atoms with E-state index < -0.39 is 29.1 Å². The van der Waals surface area contributed by atoms with Crippen molar-refractivity contribution >= 4 is 0 Å². The van der Waals surface area contributed by atoms with Crippen molar-refractivity contribution in [3.8, 4) is 0 Å². The molecule has 0 unspecified atom stereocenters. The van der Waals surface area contributed by atoms with Crippen LogP contribution in [0, 0.1) is 12.5 Å². The molecular weight excluding hydrogens is 266 g/mol. The van der Waals surface area contributed by atoms with E-state index in [9.17, 15) is 14.7 Å². The zero-order valence-electron chi connectivity index (χ0n) is 11.2. The van der Waals surface area contributed by atoms with Crippen LogP contribution in [0.4, 0.5) is 0 Å². The van der Waals surface area contributed by atoms with E-state index in [-0.39, 0.29) is 13.0 Å². The molecule has 0 amide bonds. The Hall–Kier alpha value is -2.09. The van der Waals surface area contributed by atoms with E-state index >= 15 is 0 Å². The first-order valence-corrected chi connectivity index (χ1v) is 6.08. The summed E-state index contributed by atoms with van der Waals surface area (Å²) in [5.74, 6) is 0. The predicted molar refractivity (Wildman–Crippen MR) is 67.4 cm³/mol. The van der Waals surface area contributed by atoms with Gasteiger partial charge in [0.15, 0.2) is 6.04 Å². The topological polar surface area (TPSA) is 135 Å². The van der Waals surface area contributed by atoms with Crippen LogP contribution in [-0.4, -0.2) is 32.9 Å². The molecule has 9 nitrogen and oxygen atoms in total. The average Bonchev–Trinajstić information content (AvgIpc) is 2.73. The number of rotatable bonds is 3. The first kappa shape index (κ1) is 14.3. The molecule has 1 saturated heterocycles. The lowest BCUT2D eigenvalue weighted by molar-refractivity contribution is -0.0926. The van der Waals surface area contributed by atoms with Crippen molar-refractivity contribution < 1.29 is 9.84 Å². The Labute approximate surface area is 113 Å². The van der Waals surface area contributed by atoms with E-state index in [1.165, 1.54) is 10.8 Å². The van der Waals surface area contributed by atoms with E-state index in [2.05, 4.69) is 15.0 Å². The first-order chi connectivity index (χ1) is 9.41. The third-order valence-corrected chi connectivity index (χ3v) is 3.50. The summed E-state index contributed by atoms with van der Waals surface area (Å²) in [5, 5.41) is 13.1. The Kier molecular flexibility index (Phi) is 3.67. The molecule has 1 aromatic heterocycles. The lowest BCUT2D eigenvalue weighted by Crippen LogP contribution is -2.39. The molecule has 108 valence electrons. The third kappa shape index (κ3) is 2.34. The highest BCUT2D eigenvalue weighted by atomic mass is 16.5. The van der Waals surface area contributed by atoms with Crippen molar-refractivity contribution in [2.45, 2.75) is 38.1 Å². The second-order valence-corrected chi connectivity index (χ2v) is 4.99. The standard InChI is InChI=1S/C11H15N5O4/c1-6-4-16(10(19)13-9(6)18)8-3-7(14-15-12)11(2,5-17)20-8/h4,7-8,12,17H,3,5H2,1-2H3/p+1/t7-,8+,11+/m0/s1. The monoisotopic (exact) mass is 282 g/mol. The lowest BCUT2D eigenvalue weighted by Gasteiger charge is -2.23. The molecule has 9 heteroatoms. The van der Waals surface area contributed by atoms with Crippen molar-refractivity contribution in [1.29, 1.82) is 5.53 Å². The molecule has 0 aromatic carbocycles. The van der Waals surface area contributed by atoms with Gasteiger partial charge in [-0.25, -0.2) is 4.79 Å². The van der Waals surface area contributed by atoms with Crippen molar-refractivity contribution in [2.24, 2.45) is 5.11 Å². The number of hydrogen-bond donors (Lipinski definition) is 3. The summed E-state index contributed by atoms with van der Waals surface area (Å²) in [4.78, 5) is 28.3. The van der Waals surface area contributed by atoms with Gasteiger partial charge >= 0.3 is 5.69 Å². The van der Waals surface area contributed by atoms with E-state index in [0.717, 1.165) is 0 Å². The minimum absolute atomic E-state index is 0.283. The minimum atomic E-state index is -1.02. The maximum Gasteiger partial charge on any atom is 0.330 e. The predicted octanol–water partition coefficient (Wildman–Crippen LogP) is -0.566. The highest BCUT2D eigenvalue weighted by Gasteiger charge is 2.49. The van der Waals surface area contributed by atoms with Gasteiger partial charge in [-0.3, -0.25) is 14.3 Å². The molecule has 1 aliphatic rings. The molecule has 1 fully saturated rings. The van der Waals surface area contributed by atoms with Crippen molar-refractivity contribution in [1.82, 2.24) is 14.5 Å². The van der Waals surface area contributed by atoms with Gasteiger partial charge in [0.05, 0.1) is 6.61 Å². The number of aromatic amines is 1. The summed E-state index contributed by atoms with van der Waals surface area (Å²) in [7, 11) is 0. The zero-order chi connectivity index (χ0) is 14.9. The fraction of sp³-hybridized carbons (Fsp3) is 0.636. The summed E-state index contributed by atoms with van der Waals surface area (Å²) >= 11 is 0. The molecule has 3 N–H and O–H groups in total. The molecule has 2 rings (SSSR count). The van der Waals surface area contributed by atoms with Gasteiger partial charge < -0.3 is 9.84 Å². The molecule has 1 aliphatic heterocycles. The van der Waals surface area contributed by atoms with E-state index in [1.807, 2.05) is 0 Å². The van der Waals surface area contributed by atoms with Gasteiger partial charge in [-0.1, -0.05) is 0 Å². The molecule has 3 atom stereocenters.